The van der Waals surface area contributed by atoms with E-state index in [4.69, 9.17) is 9.47 Å². The minimum absolute atomic E-state index is 0.237. The number of unbranched alkanes of at least 4 members (excludes halogenated alkanes) is 7. The Bertz CT molecular complexity index is 477. The predicted molar refractivity (Wildman–Crippen MR) is 101 cm³/mol. The first kappa shape index (κ1) is 19.6. The maximum absolute atomic E-state index is 5.73. The highest BCUT2D eigenvalue weighted by Gasteiger charge is 2.19. The lowest BCUT2D eigenvalue weighted by Crippen LogP contribution is -2.33. The van der Waals surface area contributed by atoms with Crippen LogP contribution in [0.3, 0.4) is 0 Å². The standard InChI is InChI=1S/C20H31BrNO2/c1-2-3-4-5-6-7-8-9-12-22-13-10-19(11-14-22)20-23-16-18(15-21)17-24-20/h10-11,13-15,20H,2-9,12,16-17H2,1H3/q+1. The molecule has 1 fully saturated rings. The van der Waals surface area contributed by atoms with Gasteiger partial charge in [-0.1, -0.05) is 61.4 Å². The van der Waals surface area contributed by atoms with E-state index in [0.29, 0.717) is 13.2 Å². The van der Waals surface area contributed by atoms with E-state index in [0.717, 1.165) is 17.7 Å². The molecule has 0 unspecified atom stereocenters. The third-order valence-corrected chi connectivity index (χ3v) is 5.10. The molecule has 24 heavy (non-hydrogen) atoms. The van der Waals surface area contributed by atoms with Gasteiger partial charge in [-0.3, -0.25) is 0 Å². The topological polar surface area (TPSA) is 22.3 Å². The van der Waals surface area contributed by atoms with Crippen molar-refractivity contribution in [2.75, 3.05) is 13.2 Å². The van der Waals surface area contributed by atoms with Crippen LogP contribution in [0.15, 0.2) is 35.1 Å². The number of hydrogen-bond acceptors (Lipinski definition) is 2. The summed E-state index contributed by atoms with van der Waals surface area (Å²) in [6, 6.07) is 4.22. The second-order valence-electron chi connectivity index (χ2n) is 6.57. The molecule has 1 aliphatic rings. The minimum atomic E-state index is -0.237. The van der Waals surface area contributed by atoms with Crippen LogP contribution >= 0.6 is 15.9 Å². The quantitative estimate of drug-likeness (QED) is 0.388. The Morgan fingerprint density at radius 2 is 1.58 bits per heavy atom. The highest BCUT2D eigenvalue weighted by Crippen LogP contribution is 2.24. The van der Waals surface area contributed by atoms with Crippen LogP contribution in [0.4, 0.5) is 0 Å². The maximum atomic E-state index is 5.73. The number of nitrogens with zero attached hydrogens (tertiary/aromatic N) is 1. The summed E-state index contributed by atoms with van der Waals surface area (Å²) < 4.78 is 13.7. The second kappa shape index (κ2) is 11.8. The van der Waals surface area contributed by atoms with Crippen molar-refractivity contribution in [1.82, 2.24) is 0 Å². The summed E-state index contributed by atoms with van der Waals surface area (Å²) in [6.07, 6.45) is 14.9. The van der Waals surface area contributed by atoms with Crippen molar-refractivity contribution in [2.24, 2.45) is 0 Å². The molecule has 0 amide bonds. The van der Waals surface area contributed by atoms with Gasteiger partial charge in [0, 0.05) is 24.1 Å². The fourth-order valence-corrected chi connectivity index (χ4v) is 3.18. The lowest BCUT2D eigenvalue weighted by atomic mass is 10.1. The molecule has 0 aliphatic carbocycles. The highest BCUT2D eigenvalue weighted by atomic mass is 79.9. The van der Waals surface area contributed by atoms with E-state index in [1.165, 1.54) is 51.4 Å². The van der Waals surface area contributed by atoms with Crippen LogP contribution in [0.1, 0.15) is 70.1 Å². The zero-order valence-corrected chi connectivity index (χ0v) is 16.5. The highest BCUT2D eigenvalue weighted by molar-refractivity contribution is 9.11. The number of ether oxygens (including phenoxy) is 2. The largest absolute Gasteiger partial charge is 0.344 e. The molecular weight excluding hydrogens is 366 g/mol. The van der Waals surface area contributed by atoms with Crippen molar-refractivity contribution in [2.45, 2.75) is 71.1 Å². The molecule has 0 bridgehead atoms. The number of rotatable bonds is 10. The Morgan fingerprint density at radius 3 is 2.17 bits per heavy atom. The summed E-state index contributed by atoms with van der Waals surface area (Å²) in [4.78, 5) is 1.88. The van der Waals surface area contributed by atoms with Gasteiger partial charge < -0.3 is 9.47 Å². The van der Waals surface area contributed by atoms with Gasteiger partial charge in [-0.15, -0.1) is 0 Å². The molecule has 1 aliphatic heterocycles. The molecule has 0 N–H and O–H groups in total. The molecule has 134 valence electrons. The summed E-state index contributed by atoms with van der Waals surface area (Å²) in [6.45, 7) is 4.62. The Kier molecular flexibility index (Phi) is 9.62. The Labute approximate surface area is 155 Å². The van der Waals surface area contributed by atoms with Crippen molar-refractivity contribution >= 4 is 15.9 Å². The van der Waals surface area contributed by atoms with E-state index >= 15 is 0 Å². The monoisotopic (exact) mass is 396 g/mol. The van der Waals surface area contributed by atoms with Crippen molar-refractivity contribution in [3.63, 3.8) is 0 Å². The summed E-state index contributed by atoms with van der Waals surface area (Å²) in [7, 11) is 0. The normalized spacial score (nSPS) is 17.9. The van der Waals surface area contributed by atoms with Crippen molar-refractivity contribution in [3.8, 4) is 0 Å². The average molecular weight is 397 g/mol. The predicted octanol–water partition coefficient (Wildman–Crippen LogP) is 5.44. The first-order valence-corrected chi connectivity index (χ1v) is 10.3. The molecule has 0 atom stereocenters. The van der Waals surface area contributed by atoms with Crippen molar-refractivity contribution < 1.29 is 14.0 Å². The van der Waals surface area contributed by atoms with Crippen LogP contribution < -0.4 is 4.57 Å². The van der Waals surface area contributed by atoms with Gasteiger partial charge in [0.15, 0.2) is 18.7 Å². The molecule has 0 radical (unpaired) electrons. The number of hydrogen-bond donors (Lipinski definition) is 0. The second-order valence-corrected chi connectivity index (χ2v) is 7.02. The fraction of sp³-hybridized carbons (Fsp3) is 0.650. The molecule has 2 rings (SSSR count). The van der Waals surface area contributed by atoms with E-state index in [9.17, 15) is 0 Å². The van der Waals surface area contributed by atoms with Gasteiger partial charge in [0.05, 0.1) is 13.2 Å². The molecule has 1 aromatic rings. The van der Waals surface area contributed by atoms with Gasteiger partial charge in [0.1, 0.15) is 6.54 Å². The number of aryl methyl sites for hydroxylation is 1. The van der Waals surface area contributed by atoms with Crippen LogP contribution in [-0.4, -0.2) is 13.2 Å². The number of pyridine rings is 1. The van der Waals surface area contributed by atoms with Crippen molar-refractivity contribution in [1.29, 1.82) is 0 Å². The van der Waals surface area contributed by atoms with Gasteiger partial charge >= 0.3 is 0 Å². The van der Waals surface area contributed by atoms with Crippen LogP contribution in [0.2, 0.25) is 0 Å². The van der Waals surface area contributed by atoms with Gasteiger partial charge in [0.2, 0.25) is 0 Å². The minimum Gasteiger partial charge on any atom is -0.344 e. The smallest absolute Gasteiger partial charge is 0.185 e. The molecule has 0 saturated carbocycles. The first-order chi connectivity index (χ1) is 11.8. The Morgan fingerprint density at radius 1 is 1.00 bits per heavy atom. The average Bonchev–Trinajstić information content (AvgIpc) is 2.64. The van der Waals surface area contributed by atoms with Crippen LogP contribution in [0.25, 0.3) is 0 Å². The van der Waals surface area contributed by atoms with E-state index in [1.54, 1.807) is 0 Å². The van der Waals surface area contributed by atoms with E-state index in [-0.39, 0.29) is 6.29 Å². The SMILES string of the molecule is CCCCCCCCCC[n+]1ccc(C2OCC(=CBr)CO2)cc1. The zero-order chi connectivity index (χ0) is 17.0. The number of halogens is 1. The lowest BCUT2D eigenvalue weighted by Gasteiger charge is -2.24. The Hall–Kier alpha value is -0.710. The van der Waals surface area contributed by atoms with Gasteiger partial charge in [0.25, 0.3) is 0 Å². The molecule has 2 heterocycles. The lowest BCUT2D eigenvalue weighted by molar-refractivity contribution is -0.697. The number of aromatic nitrogens is 1. The molecule has 4 heteroatoms. The summed E-state index contributed by atoms with van der Waals surface area (Å²) in [5.41, 5.74) is 2.22. The third-order valence-electron chi connectivity index (χ3n) is 4.45. The van der Waals surface area contributed by atoms with Gasteiger partial charge in [-0.05, 0) is 17.0 Å². The first-order valence-electron chi connectivity index (χ1n) is 9.34. The third kappa shape index (κ3) is 7.04. The fourth-order valence-electron chi connectivity index (χ4n) is 2.91. The molecule has 1 saturated heterocycles. The molecule has 3 nitrogen and oxygen atoms in total. The van der Waals surface area contributed by atoms with Crippen molar-refractivity contribution in [3.05, 3.63) is 40.6 Å². The van der Waals surface area contributed by atoms with Crippen LogP contribution in [-0.2, 0) is 16.0 Å². The van der Waals surface area contributed by atoms with E-state index in [2.05, 4.69) is 51.9 Å². The maximum Gasteiger partial charge on any atom is 0.185 e. The van der Waals surface area contributed by atoms with Crippen LogP contribution in [0.5, 0.6) is 0 Å². The van der Waals surface area contributed by atoms with Crippen LogP contribution in [0, 0.1) is 0 Å². The van der Waals surface area contributed by atoms with E-state index in [1.807, 2.05) is 4.99 Å². The molecule has 0 spiro atoms. The summed E-state index contributed by atoms with van der Waals surface area (Å²) in [5, 5.41) is 0. The summed E-state index contributed by atoms with van der Waals surface area (Å²) >= 11 is 3.32. The Balaban J connectivity index is 1.62. The zero-order valence-electron chi connectivity index (χ0n) is 14.9. The molecule has 1 aromatic heterocycles. The van der Waals surface area contributed by atoms with E-state index < -0.39 is 0 Å². The summed E-state index contributed by atoms with van der Waals surface area (Å²) in [5.74, 6) is 0. The molecule has 0 aromatic carbocycles. The van der Waals surface area contributed by atoms with Gasteiger partial charge in [-0.2, -0.15) is 0 Å². The van der Waals surface area contributed by atoms with Gasteiger partial charge in [-0.25, -0.2) is 4.57 Å². The molecular formula is C20H31BrNO2+.